The molecule has 0 saturated carbocycles. The number of amides is 1. The third kappa shape index (κ3) is 21.9. The van der Waals surface area contributed by atoms with Crippen LogP contribution < -0.4 is 34.0 Å². The lowest BCUT2D eigenvalue weighted by molar-refractivity contribution is -0.149. The fraction of sp³-hybridized carbons (Fsp3) is 0.435. The maximum atomic E-state index is 12.9. The van der Waals surface area contributed by atoms with Crippen molar-refractivity contribution in [3.8, 4) is 0 Å². The number of para-hydroxylation sites is 1. The van der Waals surface area contributed by atoms with Gasteiger partial charge in [-0.05, 0) is 60.8 Å². The molecule has 364 valence electrons. The van der Waals surface area contributed by atoms with Crippen molar-refractivity contribution < 1.29 is 48.5 Å². The van der Waals surface area contributed by atoms with E-state index in [0.29, 0.717) is 36.8 Å². The van der Waals surface area contributed by atoms with E-state index in [1.807, 2.05) is 86.6 Å². The molecular weight excluding hydrogens is 867 g/mol. The summed E-state index contributed by atoms with van der Waals surface area (Å²) in [6, 6.07) is 24.0. The number of guanidine groups is 2. The van der Waals surface area contributed by atoms with Crippen molar-refractivity contribution in [1.82, 2.24) is 20.3 Å². The normalized spacial score (nSPS) is 12.4. The number of carbonyl (C=O) groups is 6. The first-order valence-corrected chi connectivity index (χ1v) is 21.7. The number of nitrogens with two attached hydrogens (primary N) is 5. The fourth-order valence-electron chi connectivity index (χ4n) is 6.06. The zero-order valence-corrected chi connectivity index (χ0v) is 38.4. The fourth-order valence-corrected chi connectivity index (χ4v) is 6.06. The highest BCUT2D eigenvalue weighted by molar-refractivity contribution is 5.92. The van der Waals surface area contributed by atoms with Gasteiger partial charge in [0.15, 0.2) is 11.9 Å². The summed E-state index contributed by atoms with van der Waals surface area (Å²) in [6.45, 7) is 8.41. The van der Waals surface area contributed by atoms with Gasteiger partial charge in [0, 0.05) is 13.1 Å². The minimum Gasteiger partial charge on any atom is -0.480 e. The van der Waals surface area contributed by atoms with E-state index in [-0.39, 0.29) is 68.7 Å². The number of rotatable bonds is 23. The molecule has 21 nitrogen and oxygen atoms in total. The van der Waals surface area contributed by atoms with E-state index < -0.39 is 53.7 Å². The molecular formula is C46H65N11O10. The Morgan fingerprint density at radius 2 is 1.12 bits per heavy atom. The van der Waals surface area contributed by atoms with Crippen LogP contribution in [0.1, 0.15) is 82.1 Å². The van der Waals surface area contributed by atoms with Crippen LogP contribution in [0, 0.1) is 23.7 Å². The molecule has 21 heteroatoms. The van der Waals surface area contributed by atoms with E-state index >= 15 is 0 Å². The van der Waals surface area contributed by atoms with Gasteiger partial charge < -0.3 is 53.7 Å². The number of fused-ring (bicyclic) bond motifs is 1. The monoisotopic (exact) mass is 931 g/mol. The van der Waals surface area contributed by atoms with Crippen LogP contribution in [0.15, 0.2) is 94.9 Å². The van der Waals surface area contributed by atoms with Crippen LogP contribution in [0.3, 0.4) is 0 Å². The molecule has 4 aromatic rings. The lowest BCUT2D eigenvalue weighted by atomic mass is 9.91. The van der Waals surface area contributed by atoms with Gasteiger partial charge in [0.1, 0.15) is 30.8 Å². The topological polar surface area (TPSA) is 359 Å². The summed E-state index contributed by atoms with van der Waals surface area (Å²) in [4.78, 5) is 79.1. The van der Waals surface area contributed by atoms with Crippen LogP contribution in [0.25, 0.3) is 11.0 Å². The number of aliphatic imine (C=N–C) groups is 2. The molecule has 13 N–H and O–H groups in total. The van der Waals surface area contributed by atoms with Crippen molar-refractivity contribution in [2.45, 2.75) is 91.5 Å². The molecule has 1 amide bonds. The van der Waals surface area contributed by atoms with Gasteiger partial charge in [-0.3, -0.25) is 34.0 Å². The number of carbonyl (C=O) groups excluding carboxylic acids is 4. The minimum absolute atomic E-state index is 0.0114. The maximum absolute atomic E-state index is 12.9. The molecule has 4 rings (SSSR count). The predicted octanol–water partition coefficient (Wildman–Crippen LogP) is 2.94. The third-order valence-electron chi connectivity index (χ3n) is 9.93. The molecule has 3 aromatic carbocycles. The number of esters is 2. The first kappa shape index (κ1) is 55.7. The lowest BCUT2D eigenvalue weighted by Gasteiger charge is -2.22. The van der Waals surface area contributed by atoms with Crippen molar-refractivity contribution in [3.05, 3.63) is 96.1 Å². The van der Waals surface area contributed by atoms with Gasteiger partial charge in [0.2, 0.25) is 5.91 Å². The van der Waals surface area contributed by atoms with Gasteiger partial charge in [-0.25, -0.2) is 4.79 Å². The summed E-state index contributed by atoms with van der Waals surface area (Å²) in [5.74, 6) is -5.29. The Morgan fingerprint density at radius 1 is 0.657 bits per heavy atom. The highest BCUT2D eigenvalue weighted by Gasteiger charge is 2.31. The molecule has 1 aromatic heterocycles. The molecule has 0 bridgehead atoms. The molecule has 0 aliphatic rings. The van der Waals surface area contributed by atoms with Crippen LogP contribution >= 0.6 is 0 Å². The van der Waals surface area contributed by atoms with E-state index in [0.717, 1.165) is 11.1 Å². The van der Waals surface area contributed by atoms with Gasteiger partial charge in [0.05, 0.1) is 30.2 Å². The summed E-state index contributed by atoms with van der Waals surface area (Å²) in [5.41, 5.74) is 28.8. The zero-order chi connectivity index (χ0) is 49.9. The molecule has 0 aliphatic carbocycles. The van der Waals surface area contributed by atoms with Crippen LogP contribution in [-0.2, 0) is 46.7 Å². The summed E-state index contributed by atoms with van der Waals surface area (Å²) < 4.78 is 11.8. The molecule has 67 heavy (non-hydrogen) atoms. The average Bonchev–Trinajstić information content (AvgIpc) is 3.73. The first-order valence-electron chi connectivity index (χ1n) is 21.7. The summed E-state index contributed by atoms with van der Waals surface area (Å²) in [7, 11) is 0. The number of aromatic nitrogens is 3. The van der Waals surface area contributed by atoms with E-state index in [9.17, 15) is 33.9 Å². The van der Waals surface area contributed by atoms with Crippen molar-refractivity contribution >= 4 is 58.6 Å². The second-order valence-electron chi connectivity index (χ2n) is 16.0. The molecule has 0 spiro atoms. The molecule has 0 radical (unpaired) electrons. The number of hydrogen-bond acceptors (Lipinski definition) is 13. The number of nitrogens with one attached hydrogen (secondary N) is 1. The van der Waals surface area contributed by atoms with Crippen LogP contribution in [0.4, 0.5) is 0 Å². The number of ether oxygens (including phenoxy) is 2. The SMILES string of the molecule is CC(C)[C@H](CC(=O)OCc1ccccc1)C(=O)N[C@@H](CCCN=C(N)N)C(=O)O.CC(C)[C@H](CC(=O)OCc1ccccc1)C(=O)n1nnc2ccccc21.NC(N)=NCCC[C@H](N)C(=O)O. The summed E-state index contributed by atoms with van der Waals surface area (Å²) in [5, 5.41) is 28.2. The van der Waals surface area contributed by atoms with Crippen LogP contribution in [0.2, 0.25) is 0 Å². The Morgan fingerprint density at radius 3 is 1.58 bits per heavy atom. The molecule has 0 saturated heterocycles. The first-order chi connectivity index (χ1) is 31.8. The van der Waals surface area contributed by atoms with E-state index in [4.69, 9.17) is 43.2 Å². The standard InChI is InChI=1S/C20H30N4O5.C20H21N3O3.C6H14N4O2/c1-13(2)15(11-17(25)29-12-14-7-4-3-5-8-14)18(26)24-16(19(27)28)9-6-10-23-20(21)22;1-14(2)16(12-19(24)26-13-15-8-4-3-5-9-15)20(25)23-18-11-7-6-10-17(18)21-22-23;7-4(5(11)12)2-1-3-10-6(8)9/h3-5,7-8,13,15-16H,6,9-12H2,1-2H3,(H,24,26)(H,27,28)(H4,21,22,23);3-11,14,16H,12-13H2,1-2H3;4H,1-3,7H2,(H,11,12)(H4,8,9,10)/t15-,16-;16-;4-/m000/s1. The number of carboxylic acid groups (broad SMARTS) is 2. The molecule has 4 atom stereocenters. The van der Waals surface area contributed by atoms with Crippen molar-refractivity contribution in [2.24, 2.45) is 62.3 Å². The van der Waals surface area contributed by atoms with Gasteiger partial charge >= 0.3 is 23.9 Å². The second kappa shape index (κ2) is 29.9. The third-order valence-corrected chi connectivity index (χ3v) is 9.93. The lowest BCUT2D eigenvalue weighted by Crippen LogP contribution is -2.45. The smallest absolute Gasteiger partial charge is 0.326 e. The van der Waals surface area contributed by atoms with Gasteiger partial charge in [-0.2, -0.15) is 4.68 Å². The number of carboxylic acids is 2. The van der Waals surface area contributed by atoms with Crippen LogP contribution in [0.5, 0.6) is 0 Å². The zero-order valence-electron chi connectivity index (χ0n) is 38.4. The Labute approximate surface area is 389 Å². The van der Waals surface area contributed by atoms with Crippen LogP contribution in [-0.4, -0.2) is 98.0 Å². The summed E-state index contributed by atoms with van der Waals surface area (Å²) >= 11 is 0. The quantitative estimate of drug-likeness (QED) is 0.0229. The number of benzene rings is 3. The molecule has 0 fully saturated rings. The molecule has 0 aliphatic heterocycles. The Hall–Kier alpha value is -7.42. The largest absolute Gasteiger partial charge is 0.480 e. The van der Waals surface area contributed by atoms with Crippen molar-refractivity contribution in [3.63, 3.8) is 0 Å². The van der Waals surface area contributed by atoms with Crippen molar-refractivity contribution in [1.29, 1.82) is 0 Å². The number of hydrogen-bond donors (Lipinski definition) is 8. The maximum Gasteiger partial charge on any atom is 0.326 e. The Bertz CT molecular complexity index is 2230. The Kier molecular flexibility index (Phi) is 24.9. The molecule has 1 heterocycles. The highest BCUT2D eigenvalue weighted by Crippen LogP contribution is 2.22. The van der Waals surface area contributed by atoms with E-state index in [1.165, 1.54) is 4.68 Å². The highest BCUT2D eigenvalue weighted by atomic mass is 16.5. The number of aliphatic carboxylic acids is 2. The number of nitrogens with zero attached hydrogens (tertiary/aromatic N) is 5. The van der Waals surface area contributed by atoms with E-state index in [1.54, 1.807) is 26.0 Å². The molecule has 0 unspecified atom stereocenters. The minimum atomic E-state index is -1.16. The predicted molar refractivity (Wildman–Crippen MR) is 252 cm³/mol. The van der Waals surface area contributed by atoms with Gasteiger partial charge in [-0.1, -0.05) is 106 Å². The average molecular weight is 932 g/mol. The Balaban J connectivity index is 0.000000373. The second-order valence-corrected chi connectivity index (χ2v) is 16.0. The van der Waals surface area contributed by atoms with E-state index in [2.05, 4.69) is 25.6 Å². The van der Waals surface area contributed by atoms with Crippen molar-refractivity contribution in [2.75, 3.05) is 13.1 Å². The van der Waals surface area contributed by atoms with Gasteiger partial charge in [-0.15, -0.1) is 5.10 Å². The summed E-state index contributed by atoms with van der Waals surface area (Å²) in [6.07, 6.45) is 1.40. The van der Waals surface area contributed by atoms with Gasteiger partial charge in [0.25, 0.3) is 5.91 Å².